The lowest BCUT2D eigenvalue weighted by molar-refractivity contribution is -0.00925. The van der Waals surface area contributed by atoms with Crippen molar-refractivity contribution in [2.24, 2.45) is 11.7 Å². The average molecular weight is 279 g/mol. The molecule has 1 fully saturated rings. The SMILES string of the molecule is CCOC(C(N)Cc1ccccc1F)C1CCCCC1. The topological polar surface area (TPSA) is 35.2 Å². The second-order valence-corrected chi connectivity index (χ2v) is 5.78. The lowest BCUT2D eigenvalue weighted by atomic mass is 9.81. The fraction of sp³-hybridized carbons (Fsp3) is 0.647. The van der Waals surface area contributed by atoms with Crippen molar-refractivity contribution in [3.63, 3.8) is 0 Å². The molecule has 0 aromatic heterocycles. The Morgan fingerprint density at radius 2 is 1.95 bits per heavy atom. The summed E-state index contributed by atoms with van der Waals surface area (Å²) in [6, 6.07) is 6.76. The van der Waals surface area contributed by atoms with E-state index in [4.69, 9.17) is 10.5 Å². The number of ether oxygens (including phenoxy) is 1. The van der Waals surface area contributed by atoms with E-state index in [1.807, 2.05) is 19.1 Å². The highest BCUT2D eigenvalue weighted by molar-refractivity contribution is 5.18. The van der Waals surface area contributed by atoms with Crippen molar-refractivity contribution in [2.75, 3.05) is 6.61 Å². The molecule has 0 aliphatic heterocycles. The van der Waals surface area contributed by atoms with Crippen LogP contribution in [0.15, 0.2) is 24.3 Å². The fourth-order valence-electron chi connectivity index (χ4n) is 3.30. The Morgan fingerprint density at radius 3 is 2.60 bits per heavy atom. The summed E-state index contributed by atoms with van der Waals surface area (Å²) in [5.74, 6) is 0.368. The molecule has 0 bridgehead atoms. The minimum atomic E-state index is -0.165. The first-order valence-electron chi connectivity index (χ1n) is 7.83. The number of rotatable bonds is 6. The third-order valence-corrected chi connectivity index (χ3v) is 4.31. The third kappa shape index (κ3) is 4.03. The predicted molar refractivity (Wildman–Crippen MR) is 80.1 cm³/mol. The molecule has 20 heavy (non-hydrogen) atoms. The molecule has 112 valence electrons. The van der Waals surface area contributed by atoms with Gasteiger partial charge in [0.15, 0.2) is 0 Å². The van der Waals surface area contributed by atoms with E-state index in [9.17, 15) is 4.39 Å². The summed E-state index contributed by atoms with van der Waals surface area (Å²) in [6.45, 7) is 2.68. The first-order valence-corrected chi connectivity index (χ1v) is 7.83. The van der Waals surface area contributed by atoms with E-state index < -0.39 is 0 Å². The molecule has 1 saturated carbocycles. The van der Waals surface area contributed by atoms with E-state index in [0.29, 0.717) is 24.5 Å². The van der Waals surface area contributed by atoms with Crippen LogP contribution >= 0.6 is 0 Å². The zero-order valence-corrected chi connectivity index (χ0v) is 12.4. The van der Waals surface area contributed by atoms with E-state index >= 15 is 0 Å². The monoisotopic (exact) mass is 279 g/mol. The second-order valence-electron chi connectivity index (χ2n) is 5.78. The van der Waals surface area contributed by atoms with Gasteiger partial charge in [0.25, 0.3) is 0 Å². The van der Waals surface area contributed by atoms with Crippen LogP contribution in [0.5, 0.6) is 0 Å². The summed E-state index contributed by atoms with van der Waals surface area (Å²) in [5, 5.41) is 0. The van der Waals surface area contributed by atoms with E-state index in [1.54, 1.807) is 6.07 Å². The van der Waals surface area contributed by atoms with E-state index in [-0.39, 0.29) is 18.0 Å². The standard InChI is InChI=1S/C17H26FNO/c1-2-20-17(13-8-4-3-5-9-13)16(19)12-14-10-6-7-11-15(14)18/h6-7,10-11,13,16-17H,2-5,8-9,12,19H2,1H3. The van der Waals surface area contributed by atoms with E-state index in [2.05, 4.69) is 0 Å². The molecular formula is C17H26FNO. The Morgan fingerprint density at radius 1 is 1.25 bits per heavy atom. The molecule has 1 aliphatic rings. The number of hydrogen-bond acceptors (Lipinski definition) is 2. The van der Waals surface area contributed by atoms with Crippen molar-refractivity contribution in [3.05, 3.63) is 35.6 Å². The molecule has 2 unspecified atom stereocenters. The van der Waals surface area contributed by atoms with Gasteiger partial charge >= 0.3 is 0 Å². The molecule has 2 N–H and O–H groups in total. The largest absolute Gasteiger partial charge is 0.377 e. The molecule has 1 aliphatic carbocycles. The number of nitrogens with two attached hydrogens (primary N) is 1. The van der Waals surface area contributed by atoms with Gasteiger partial charge in [-0.05, 0) is 43.7 Å². The van der Waals surface area contributed by atoms with Crippen molar-refractivity contribution < 1.29 is 9.13 Å². The maximum atomic E-state index is 13.7. The average Bonchev–Trinajstić information content (AvgIpc) is 2.48. The molecular weight excluding hydrogens is 253 g/mol. The van der Waals surface area contributed by atoms with Gasteiger partial charge in [-0.3, -0.25) is 0 Å². The van der Waals surface area contributed by atoms with Gasteiger partial charge in [0, 0.05) is 12.6 Å². The Bertz CT molecular complexity index is 404. The normalized spacial score (nSPS) is 19.8. The van der Waals surface area contributed by atoms with Gasteiger partial charge < -0.3 is 10.5 Å². The Balaban J connectivity index is 2.02. The molecule has 2 rings (SSSR count). The van der Waals surface area contributed by atoms with Crippen LogP contribution < -0.4 is 5.73 Å². The van der Waals surface area contributed by atoms with Crippen LogP contribution in [0.25, 0.3) is 0 Å². The number of halogens is 1. The highest BCUT2D eigenvalue weighted by Crippen LogP contribution is 2.30. The van der Waals surface area contributed by atoms with Gasteiger partial charge in [0.05, 0.1) is 6.10 Å². The number of benzene rings is 1. The summed E-state index contributed by atoms with van der Waals surface area (Å²) in [7, 11) is 0. The molecule has 2 atom stereocenters. The zero-order valence-electron chi connectivity index (χ0n) is 12.4. The van der Waals surface area contributed by atoms with Crippen LogP contribution in [0.2, 0.25) is 0 Å². The molecule has 0 saturated heterocycles. The highest BCUT2D eigenvalue weighted by atomic mass is 19.1. The van der Waals surface area contributed by atoms with Crippen LogP contribution in [-0.2, 0) is 11.2 Å². The maximum absolute atomic E-state index is 13.7. The minimum absolute atomic E-state index is 0.0555. The zero-order chi connectivity index (χ0) is 14.4. The van der Waals surface area contributed by atoms with Crippen molar-refractivity contribution in [1.82, 2.24) is 0 Å². The lowest BCUT2D eigenvalue weighted by Gasteiger charge is -2.34. The predicted octanol–water partition coefficient (Wildman–Crippen LogP) is 3.68. The molecule has 0 amide bonds. The molecule has 2 nitrogen and oxygen atoms in total. The van der Waals surface area contributed by atoms with Crippen LogP contribution in [0.1, 0.15) is 44.6 Å². The van der Waals surface area contributed by atoms with Crippen LogP contribution in [-0.4, -0.2) is 18.8 Å². The summed E-state index contributed by atoms with van der Waals surface area (Å²) in [4.78, 5) is 0. The Hall–Kier alpha value is -0.930. The smallest absolute Gasteiger partial charge is 0.126 e. The first kappa shape index (κ1) is 15.5. The first-order chi connectivity index (χ1) is 9.72. The highest BCUT2D eigenvalue weighted by Gasteiger charge is 2.29. The second kappa shape index (κ2) is 7.75. The van der Waals surface area contributed by atoms with Crippen molar-refractivity contribution in [1.29, 1.82) is 0 Å². The quantitative estimate of drug-likeness (QED) is 0.862. The van der Waals surface area contributed by atoms with Crippen molar-refractivity contribution in [2.45, 2.75) is 57.6 Å². The van der Waals surface area contributed by atoms with Gasteiger partial charge in [-0.2, -0.15) is 0 Å². The van der Waals surface area contributed by atoms with Crippen LogP contribution in [0.3, 0.4) is 0 Å². The minimum Gasteiger partial charge on any atom is -0.377 e. The van der Waals surface area contributed by atoms with Gasteiger partial charge in [-0.1, -0.05) is 37.5 Å². The molecule has 0 spiro atoms. The van der Waals surface area contributed by atoms with Gasteiger partial charge in [-0.15, -0.1) is 0 Å². The molecule has 0 radical (unpaired) electrons. The lowest BCUT2D eigenvalue weighted by Crippen LogP contribution is -2.44. The van der Waals surface area contributed by atoms with Gasteiger partial charge in [-0.25, -0.2) is 4.39 Å². The third-order valence-electron chi connectivity index (χ3n) is 4.31. The molecule has 1 aromatic carbocycles. The number of hydrogen-bond donors (Lipinski definition) is 1. The van der Waals surface area contributed by atoms with Gasteiger partial charge in [0.1, 0.15) is 5.82 Å². The van der Waals surface area contributed by atoms with E-state index in [0.717, 1.165) is 0 Å². The van der Waals surface area contributed by atoms with E-state index in [1.165, 1.54) is 38.2 Å². The van der Waals surface area contributed by atoms with Crippen LogP contribution in [0, 0.1) is 11.7 Å². The summed E-state index contributed by atoms with van der Waals surface area (Å²) in [5.41, 5.74) is 7.04. The molecule has 3 heteroatoms. The summed E-state index contributed by atoms with van der Waals surface area (Å²) >= 11 is 0. The van der Waals surface area contributed by atoms with Crippen molar-refractivity contribution >= 4 is 0 Å². The Kier molecular flexibility index (Phi) is 5.99. The van der Waals surface area contributed by atoms with Gasteiger partial charge in [0.2, 0.25) is 0 Å². The molecule has 1 aromatic rings. The Labute approximate surface area is 121 Å². The summed E-state index contributed by atoms with van der Waals surface area (Å²) < 4.78 is 19.7. The fourth-order valence-corrected chi connectivity index (χ4v) is 3.30. The summed E-state index contributed by atoms with van der Waals surface area (Å²) in [6.07, 6.45) is 6.83. The van der Waals surface area contributed by atoms with Crippen molar-refractivity contribution in [3.8, 4) is 0 Å². The van der Waals surface area contributed by atoms with Crippen LogP contribution in [0.4, 0.5) is 4.39 Å². The molecule has 0 heterocycles. The maximum Gasteiger partial charge on any atom is 0.126 e.